The van der Waals surface area contributed by atoms with Gasteiger partial charge in [-0.3, -0.25) is 4.79 Å². The summed E-state index contributed by atoms with van der Waals surface area (Å²) in [4.78, 5) is 16.1. The molecule has 5 nitrogen and oxygen atoms in total. The van der Waals surface area contributed by atoms with Crippen molar-refractivity contribution in [3.63, 3.8) is 0 Å². The normalized spacial score (nSPS) is 11.7. The van der Waals surface area contributed by atoms with Crippen LogP contribution in [0.4, 0.5) is 0 Å². The van der Waals surface area contributed by atoms with E-state index in [0.717, 1.165) is 11.0 Å². The van der Waals surface area contributed by atoms with Gasteiger partial charge in [0.15, 0.2) is 0 Å². The number of nitrogens with one attached hydrogen (secondary N) is 1. The molecule has 1 aromatic heterocycles. The van der Waals surface area contributed by atoms with Crippen molar-refractivity contribution in [3.8, 4) is 0 Å². The molecule has 0 atom stereocenters. The summed E-state index contributed by atoms with van der Waals surface area (Å²) in [6, 6.07) is 7.65. The van der Waals surface area contributed by atoms with Crippen LogP contribution in [0.1, 0.15) is 13.8 Å². The van der Waals surface area contributed by atoms with E-state index < -0.39 is 5.54 Å². The van der Waals surface area contributed by atoms with E-state index in [1.165, 1.54) is 0 Å². The fourth-order valence-corrected chi connectivity index (χ4v) is 1.75. The van der Waals surface area contributed by atoms with Crippen LogP contribution in [-0.2, 0) is 11.3 Å². The molecule has 1 heterocycles. The van der Waals surface area contributed by atoms with E-state index in [1.54, 1.807) is 24.7 Å². The highest BCUT2D eigenvalue weighted by molar-refractivity contribution is 5.80. The molecule has 0 saturated heterocycles. The molecule has 2 aromatic rings. The molecule has 0 aliphatic carbocycles. The molecule has 1 amide bonds. The molecule has 0 fully saturated rings. The van der Waals surface area contributed by atoms with Gasteiger partial charge in [-0.05, 0) is 26.0 Å². The number of nitrogens with zero attached hydrogens (tertiary/aromatic N) is 2. The fourth-order valence-electron chi connectivity index (χ4n) is 1.75. The Balaban J connectivity index is 2.12. The maximum Gasteiger partial charge on any atom is 0.240 e. The zero-order valence-corrected chi connectivity index (χ0v) is 10.6. The monoisotopic (exact) mass is 247 g/mol. The second kappa shape index (κ2) is 4.78. The molecule has 18 heavy (non-hydrogen) atoms. The van der Waals surface area contributed by atoms with Crippen molar-refractivity contribution < 1.29 is 9.90 Å². The van der Waals surface area contributed by atoms with Crippen molar-refractivity contribution in [2.45, 2.75) is 25.9 Å². The number of hydrogen-bond acceptors (Lipinski definition) is 3. The highest BCUT2D eigenvalue weighted by Gasteiger charge is 2.19. The zero-order chi connectivity index (χ0) is 13.2. The quantitative estimate of drug-likeness (QED) is 0.844. The van der Waals surface area contributed by atoms with E-state index in [4.69, 9.17) is 5.11 Å². The van der Waals surface area contributed by atoms with Crippen molar-refractivity contribution in [2.24, 2.45) is 0 Å². The lowest BCUT2D eigenvalue weighted by Gasteiger charge is -2.23. The Morgan fingerprint density at radius 2 is 2.17 bits per heavy atom. The average Bonchev–Trinajstić information content (AvgIpc) is 2.72. The van der Waals surface area contributed by atoms with Crippen LogP contribution in [0.2, 0.25) is 0 Å². The lowest BCUT2D eigenvalue weighted by molar-refractivity contribution is -0.123. The number of aliphatic hydroxyl groups excluding tert-OH is 1. The van der Waals surface area contributed by atoms with Crippen LogP contribution in [-0.4, -0.2) is 32.7 Å². The Bertz CT molecular complexity index is 560. The number of amides is 1. The summed E-state index contributed by atoms with van der Waals surface area (Å²) in [6.45, 7) is 3.65. The average molecular weight is 247 g/mol. The highest BCUT2D eigenvalue weighted by atomic mass is 16.3. The number of para-hydroxylation sites is 2. The van der Waals surface area contributed by atoms with Gasteiger partial charge in [0.25, 0.3) is 0 Å². The summed E-state index contributed by atoms with van der Waals surface area (Å²) in [5.74, 6) is -0.141. The Kier molecular flexibility index (Phi) is 3.34. The Hall–Kier alpha value is -1.88. The Labute approximate surface area is 105 Å². The minimum atomic E-state index is -0.604. The third-order valence-electron chi connectivity index (χ3n) is 2.71. The lowest BCUT2D eigenvalue weighted by atomic mass is 10.1. The molecule has 0 aliphatic heterocycles. The van der Waals surface area contributed by atoms with E-state index in [1.807, 2.05) is 24.3 Å². The van der Waals surface area contributed by atoms with Gasteiger partial charge >= 0.3 is 0 Å². The zero-order valence-electron chi connectivity index (χ0n) is 10.6. The number of rotatable bonds is 4. The third kappa shape index (κ3) is 2.68. The van der Waals surface area contributed by atoms with Crippen molar-refractivity contribution >= 4 is 16.9 Å². The minimum absolute atomic E-state index is 0.0938. The second-order valence-electron chi connectivity index (χ2n) is 4.95. The topological polar surface area (TPSA) is 67.2 Å². The van der Waals surface area contributed by atoms with Gasteiger partial charge in [-0.1, -0.05) is 12.1 Å². The van der Waals surface area contributed by atoms with E-state index in [9.17, 15) is 4.79 Å². The molecule has 1 aromatic carbocycles. The Morgan fingerprint density at radius 1 is 1.44 bits per heavy atom. The van der Waals surface area contributed by atoms with Crippen LogP contribution in [0.25, 0.3) is 11.0 Å². The number of benzene rings is 1. The number of carbonyl (C=O) groups excluding carboxylic acids is 1. The Morgan fingerprint density at radius 3 is 2.89 bits per heavy atom. The number of aliphatic hydroxyl groups is 1. The van der Waals surface area contributed by atoms with Gasteiger partial charge in [-0.15, -0.1) is 0 Å². The second-order valence-corrected chi connectivity index (χ2v) is 4.95. The summed E-state index contributed by atoms with van der Waals surface area (Å²) in [6.07, 6.45) is 1.65. The highest BCUT2D eigenvalue weighted by Crippen LogP contribution is 2.11. The van der Waals surface area contributed by atoms with E-state index in [-0.39, 0.29) is 19.1 Å². The molecule has 0 spiro atoms. The molecule has 0 radical (unpaired) electrons. The van der Waals surface area contributed by atoms with Crippen molar-refractivity contribution in [3.05, 3.63) is 30.6 Å². The maximum atomic E-state index is 11.9. The third-order valence-corrected chi connectivity index (χ3v) is 2.71. The number of imidazole rings is 1. The number of hydrogen-bond donors (Lipinski definition) is 2. The molecular formula is C13H17N3O2. The van der Waals surface area contributed by atoms with Gasteiger partial charge in [0.05, 0.1) is 29.5 Å². The van der Waals surface area contributed by atoms with Gasteiger partial charge in [0.1, 0.15) is 6.54 Å². The van der Waals surface area contributed by atoms with Crippen LogP contribution in [0, 0.1) is 0 Å². The minimum Gasteiger partial charge on any atom is -0.394 e. The number of aromatic nitrogens is 2. The van der Waals surface area contributed by atoms with Crippen LogP contribution in [0.3, 0.4) is 0 Å². The molecule has 0 unspecified atom stereocenters. The smallest absolute Gasteiger partial charge is 0.240 e. The van der Waals surface area contributed by atoms with Crippen LogP contribution in [0.5, 0.6) is 0 Å². The molecule has 96 valence electrons. The molecule has 2 rings (SSSR count). The molecule has 0 bridgehead atoms. The first-order chi connectivity index (χ1) is 8.52. The van der Waals surface area contributed by atoms with Gasteiger partial charge < -0.3 is 15.0 Å². The summed E-state index contributed by atoms with van der Waals surface area (Å²) >= 11 is 0. The predicted molar refractivity (Wildman–Crippen MR) is 69.0 cm³/mol. The largest absolute Gasteiger partial charge is 0.394 e. The van der Waals surface area contributed by atoms with Crippen molar-refractivity contribution in [1.82, 2.24) is 14.9 Å². The number of carbonyl (C=O) groups is 1. The fraction of sp³-hybridized carbons (Fsp3) is 0.385. The first-order valence-electron chi connectivity index (χ1n) is 5.83. The summed E-state index contributed by atoms with van der Waals surface area (Å²) < 4.78 is 1.79. The van der Waals surface area contributed by atoms with Gasteiger partial charge in [-0.25, -0.2) is 4.98 Å². The maximum absolute atomic E-state index is 11.9. The first-order valence-corrected chi connectivity index (χ1v) is 5.83. The molecule has 0 aliphatic rings. The van der Waals surface area contributed by atoms with Gasteiger partial charge in [0.2, 0.25) is 5.91 Å². The van der Waals surface area contributed by atoms with Crippen molar-refractivity contribution in [1.29, 1.82) is 0 Å². The van der Waals surface area contributed by atoms with Crippen LogP contribution >= 0.6 is 0 Å². The van der Waals surface area contributed by atoms with Gasteiger partial charge in [-0.2, -0.15) is 0 Å². The van der Waals surface area contributed by atoms with E-state index in [2.05, 4.69) is 10.3 Å². The molecular weight excluding hydrogens is 230 g/mol. The molecule has 2 N–H and O–H groups in total. The SMILES string of the molecule is CC(C)(CO)NC(=O)Cn1cnc2ccccc21. The van der Waals surface area contributed by atoms with Crippen molar-refractivity contribution in [2.75, 3.05) is 6.61 Å². The summed E-state index contributed by atoms with van der Waals surface area (Å²) in [5, 5.41) is 11.9. The van der Waals surface area contributed by atoms with Crippen LogP contribution < -0.4 is 5.32 Å². The molecule has 0 saturated carbocycles. The number of fused-ring (bicyclic) bond motifs is 1. The lowest BCUT2D eigenvalue weighted by Crippen LogP contribution is -2.47. The molecule has 5 heteroatoms. The first kappa shape index (κ1) is 12.6. The van der Waals surface area contributed by atoms with Gasteiger partial charge in [0, 0.05) is 0 Å². The predicted octanol–water partition coefficient (Wildman–Crippen LogP) is 0.923. The van der Waals surface area contributed by atoms with Crippen LogP contribution in [0.15, 0.2) is 30.6 Å². The van der Waals surface area contributed by atoms with E-state index >= 15 is 0 Å². The standard InChI is InChI=1S/C13H17N3O2/c1-13(2,8-17)15-12(18)7-16-9-14-10-5-3-4-6-11(10)16/h3-6,9,17H,7-8H2,1-2H3,(H,15,18). The summed E-state index contributed by atoms with van der Waals surface area (Å²) in [5.41, 5.74) is 1.19. The summed E-state index contributed by atoms with van der Waals surface area (Å²) in [7, 11) is 0. The van der Waals surface area contributed by atoms with E-state index in [0.29, 0.717) is 0 Å².